The predicted octanol–water partition coefficient (Wildman–Crippen LogP) is 1.83. The fraction of sp³-hybridized carbons (Fsp3) is 0.667. The lowest BCUT2D eigenvalue weighted by atomic mass is 9.96. The summed E-state index contributed by atoms with van der Waals surface area (Å²) in [6.07, 6.45) is 7.60. The molecule has 16 heavy (non-hydrogen) atoms. The topological polar surface area (TPSA) is 46.9 Å². The molecule has 0 bridgehead atoms. The third kappa shape index (κ3) is 4.47. The molecule has 4 heteroatoms. The van der Waals surface area contributed by atoms with Crippen molar-refractivity contribution in [1.29, 1.82) is 0 Å². The largest absolute Gasteiger partial charge is 0.356 e. The number of nitrogens with one attached hydrogen (secondary N) is 1. The van der Waals surface area contributed by atoms with Crippen LogP contribution in [0.2, 0.25) is 0 Å². The monoisotopic (exact) mass is 223 g/mol. The van der Waals surface area contributed by atoms with Gasteiger partial charge in [-0.3, -0.25) is 4.79 Å². The Morgan fingerprint density at radius 2 is 2.12 bits per heavy atom. The van der Waals surface area contributed by atoms with Crippen LogP contribution < -0.4 is 5.32 Å². The van der Waals surface area contributed by atoms with Crippen LogP contribution in [0, 0.1) is 5.41 Å². The molecule has 1 aromatic heterocycles. The van der Waals surface area contributed by atoms with Gasteiger partial charge in [-0.1, -0.05) is 20.8 Å². The van der Waals surface area contributed by atoms with Crippen LogP contribution in [-0.2, 0) is 11.3 Å². The molecule has 0 radical (unpaired) electrons. The minimum Gasteiger partial charge on any atom is -0.356 e. The van der Waals surface area contributed by atoms with Crippen molar-refractivity contribution in [2.24, 2.45) is 5.41 Å². The lowest BCUT2D eigenvalue weighted by molar-refractivity contribution is -0.128. The number of carbonyl (C=O) groups excluding carboxylic acids is 1. The van der Waals surface area contributed by atoms with E-state index in [1.807, 2.05) is 37.9 Å². The Balaban J connectivity index is 2.06. The van der Waals surface area contributed by atoms with Gasteiger partial charge in [-0.05, 0) is 12.8 Å². The minimum atomic E-state index is -0.287. The van der Waals surface area contributed by atoms with E-state index in [1.165, 1.54) is 0 Å². The van der Waals surface area contributed by atoms with Crippen molar-refractivity contribution < 1.29 is 4.79 Å². The number of unbranched alkanes of at least 4 members (excludes halogenated alkanes) is 1. The number of nitrogens with zero attached hydrogens (tertiary/aromatic N) is 2. The van der Waals surface area contributed by atoms with Crippen molar-refractivity contribution in [3.05, 3.63) is 18.7 Å². The maximum absolute atomic E-state index is 11.5. The molecule has 0 aliphatic carbocycles. The SMILES string of the molecule is CC(C)(C)C(=O)NCCCCn1ccnc1. The number of rotatable bonds is 5. The molecule has 0 saturated carbocycles. The number of hydrogen-bond acceptors (Lipinski definition) is 2. The Labute approximate surface area is 97.1 Å². The van der Waals surface area contributed by atoms with Crippen molar-refractivity contribution in [3.8, 4) is 0 Å². The zero-order valence-electron chi connectivity index (χ0n) is 10.4. The van der Waals surface area contributed by atoms with Crippen LogP contribution in [0.1, 0.15) is 33.6 Å². The Morgan fingerprint density at radius 3 is 2.69 bits per heavy atom. The molecule has 1 heterocycles. The molecule has 0 unspecified atom stereocenters. The van der Waals surface area contributed by atoms with Gasteiger partial charge in [0.2, 0.25) is 5.91 Å². The lowest BCUT2D eigenvalue weighted by Crippen LogP contribution is -2.35. The summed E-state index contributed by atoms with van der Waals surface area (Å²) >= 11 is 0. The molecule has 0 aromatic carbocycles. The summed E-state index contributed by atoms with van der Waals surface area (Å²) in [7, 11) is 0. The average Bonchev–Trinajstić information content (AvgIpc) is 2.68. The average molecular weight is 223 g/mol. The lowest BCUT2D eigenvalue weighted by Gasteiger charge is -2.17. The Bertz CT molecular complexity index is 312. The Morgan fingerprint density at radius 1 is 1.38 bits per heavy atom. The summed E-state index contributed by atoms with van der Waals surface area (Å²) in [5.41, 5.74) is -0.287. The van der Waals surface area contributed by atoms with E-state index in [1.54, 1.807) is 6.20 Å². The second-order valence-corrected chi connectivity index (χ2v) is 5.01. The highest BCUT2D eigenvalue weighted by atomic mass is 16.2. The number of imidazole rings is 1. The fourth-order valence-corrected chi connectivity index (χ4v) is 1.31. The first kappa shape index (κ1) is 12.7. The molecule has 1 aromatic rings. The van der Waals surface area contributed by atoms with Gasteiger partial charge >= 0.3 is 0 Å². The zero-order chi connectivity index (χ0) is 12.0. The molecule has 1 amide bonds. The van der Waals surface area contributed by atoms with Crippen LogP contribution >= 0.6 is 0 Å². The van der Waals surface area contributed by atoms with Gasteiger partial charge in [0.25, 0.3) is 0 Å². The smallest absolute Gasteiger partial charge is 0.225 e. The van der Waals surface area contributed by atoms with E-state index in [9.17, 15) is 4.79 Å². The molecule has 0 atom stereocenters. The first-order valence-corrected chi connectivity index (χ1v) is 5.74. The van der Waals surface area contributed by atoms with Crippen molar-refractivity contribution >= 4 is 5.91 Å². The molecule has 4 nitrogen and oxygen atoms in total. The molecule has 0 aliphatic rings. The summed E-state index contributed by atoms with van der Waals surface area (Å²) in [5, 5.41) is 2.94. The van der Waals surface area contributed by atoms with Crippen LogP contribution in [0.5, 0.6) is 0 Å². The van der Waals surface area contributed by atoms with E-state index in [0.29, 0.717) is 0 Å². The third-order valence-corrected chi connectivity index (χ3v) is 2.37. The van der Waals surface area contributed by atoms with Gasteiger partial charge in [-0.15, -0.1) is 0 Å². The number of carbonyl (C=O) groups is 1. The van der Waals surface area contributed by atoms with E-state index >= 15 is 0 Å². The molecule has 0 spiro atoms. The summed E-state index contributed by atoms with van der Waals surface area (Å²) < 4.78 is 2.05. The maximum Gasteiger partial charge on any atom is 0.225 e. The first-order chi connectivity index (χ1) is 7.50. The fourth-order valence-electron chi connectivity index (χ4n) is 1.31. The quantitative estimate of drug-likeness (QED) is 0.774. The molecular formula is C12H21N3O. The summed E-state index contributed by atoms with van der Waals surface area (Å²) in [5.74, 6) is 0.120. The van der Waals surface area contributed by atoms with Crippen molar-refractivity contribution in [2.75, 3.05) is 6.54 Å². The minimum absolute atomic E-state index is 0.120. The van der Waals surface area contributed by atoms with Crippen molar-refractivity contribution in [3.63, 3.8) is 0 Å². The predicted molar refractivity (Wildman–Crippen MR) is 63.9 cm³/mol. The van der Waals surface area contributed by atoms with Gasteiger partial charge in [-0.2, -0.15) is 0 Å². The number of aromatic nitrogens is 2. The second-order valence-electron chi connectivity index (χ2n) is 5.01. The Hall–Kier alpha value is -1.32. The van der Waals surface area contributed by atoms with Crippen LogP contribution in [0.25, 0.3) is 0 Å². The molecule has 0 fully saturated rings. The van der Waals surface area contributed by atoms with Crippen molar-refractivity contribution in [1.82, 2.24) is 14.9 Å². The van der Waals surface area contributed by atoms with Gasteiger partial charge in [0.15, 0.2) is 0 Å². The van der Waals surface area contributed by atoms with Crippen LogP contribution in [-0.4, -0.2) is 22.0 Å². The molecule has 1 rings (SSSR count). The van der Waals surface area contributed by atoms with Gasteiger partial charge in [-0.25, -0.2) is 4.98 Å². The normalized spacial score (nSPS) is 11.4. The Kier molecular flexibility index (Phi) is 4.52. The maximum atomic E-state index is 11.5. The van der Waals surface area contributed by atoms with Crippen LogP contribution in [0.4, 0.5) is 0 Å². The van der Waals surface area contributed by atoms with Gasteiger partial charge in [0, 0.05) is 30.9 Å². The highest BCUT2D eigenvalue weighted by Crippen LogP contribution is 2.12. The van der Waals surface area contributed by atoms with Gasteiger partial charge in [0.05, 0.1) is 6.33 Å². The van der Waals surface area contributed by atoms with E-state index in [0.717, 1.165) is 25.9 Å². The second kappa shape index (κ2) is 5.68. The van der Waals surface area contributed by atoms with E-state index in [4.69, 9.17) is 0 Å². The highest BCUT2D eigenvalue weighted by Gasteiger charge is 2.19. The highest BCUT2D eigenvalue weighted by molar-refractivity contribution is 5.81. The van der Waals surface area contributed by atoms with Gasteiger partial charge in [0.1, 0.15) is 0 Å². The number of hydrogen-bond donors (Lipinski definition) is 1. The first-order valence-electron chi connectivity index (χ1n) is 5.74. The van der Waals surface area contributed by atoms with E-state index < -0.39 is 0 Å². The zero-order valence-corrected chi connectivity index (χ0v) is 10.4. The summed E-state index contributed by atoms with van der Waals surface area (Å²) in [4.78, 5) is 15.5. The van der Waals surface area contributed by atoms with Crippen LogP contribution in [0.15, 0.2) is 18.7 Å². The number of aryl methyl sites for hydroxylation is 1. The molecule has 90 valence electrons. The van der Waals surface area contributed by atoms with Crippen LogP contribution in [0.3, 0.4) is 0 Å². The summed E-state index contributed by atoms with van der Waals surface area (Å²) in [6, 6.07) is 0. The van der Waals surface area contributed by atoms with Crippen molar-refractivity contribution in [2.45, 2.75) is 40.2 Å². The third-order valence-electron chi connectivity index (χ3n) is 2.37. The molecule has 1 N–H and O–H groups in total. The molecular weight excluding hydrogens is 202 g/mol. The van der Waals surface area contributed by atoms with E-state index in [-0.39, 0.29) is 11.3 Å². The molecule has 0 aliphatic heterocycles. The van der Waals surface area contributed by atoms with Gasteiger partial charge < -0.3 is 9.88 Å². The summed E-state index contributed by atoms with van der Waals surface area (Å²) in [6.45, 7) is 7.49. The number of amides is 1. The molecule has 0 saturated heterocycles. The standard InChI is InChI=1S/C12H21N3O/c1-12(2,3)11(16)14-6-4-5-8-15-9-7-13-10-15/h7,9-10H,4-6,8H2,1-3H3,(H,14,16). The van der Waals surface area contributed by atoms with E-state index in [2.05, 4.69) is 10.3 Å².